The second-order valence-corrected chi connectivity index (χ2v) is 7.95. The smallest absolute Gasteiger partial charge is 0.306 e. The van der Waals surface area contributed by atoms with Crippen LogP contribution >= 0.6 is 0 Å². The van der Waals surface area contributed by atoms with E-state index in [1.165, 1.54) is 0 Å². The lowest BCUT2D eigenvalue weighted by Gasteiger charge is -2.44. The fourth-order valence-electron chi connectivity index (χ4n) is 4.76. The van der Waals surface area contributed by atoms with Crippen LogP contribution in [0.3, 0.4) is 0 Å². The molecule has 0 aliphatic carbocycles. The molecule has 1 amide bonds. The number of anilines is 1. The summed E-state index contributed by atoms with van der Waals surface area (Å²) in [5, 5.41) is 9.90. The Hall–Kier alpha value is -3.60. The summed E-state index contributed by atoms with van der Waals surface area (Å²) in [6.07, 6.45) is 1.61. The fraction of sp³-hybridized carbons (Fsp3) is 0.200. The molecule has 0 bridgehead atoms. The first-order chi connectivity index (χ1) is 14.7. The molecule has 1 N–H and O–H groups in total. The fourth-order valence-corrected chi connectivity index (χ4v) is 4.76. The average Bonchev–Trinajstić information content (AvgIpc) is 3.35. The Bertz CT molecular complexity index is 1200. The number of carbonyl (C=O) groups is 1. The van der Waals surface area contributed by atoms with Crippen molar-refractivity contribution in [2.75, 3.05) is 5.32 Å². The molecular formula is C25H21N3O2. The van der Waals surface area contributed by atoms with E-state index >= 15 is 0 Å². The Morgan fingerprint density at radius 3 is 2.73 bits per heavy atom. The summed E-state index contributed by atoms with van der Waals surface area (Å²) in [6, 6.07) is 24.2. The molecule has 5 heteroatoms. The number of amides is 1. The van der Waals surface area contributed by atoms with Gasteiger partial charge in [0.05, 0.1) is 23.0 Å². The van der Waals surface area contributed by atoms with Gasteiger partial charge in [-0.25, -0.2) is 5.01 Å². The molecule has 148 valence electrons. The van der Waals surface area contributed by atoms with Gasteiger partial charge in [-0.3, -0.25) is 4.79 Å². The second-order valence-electron chi connectivity index (χ2n) is 7.95. The number of benzene rings is 3. The van der Waals surface area contributed by atoms with E-state index in [4.69, 9.17) is 9.84 Å². The SMILES string of the molecule is CCc1ccc2c(c1)[C@@]1(Oc3ccccc3[C@H]3CC(c4ccccc4)=NN31)C(=O)N2. The number of nitrogens with one attached hydrogen (secondary N) is 1. The number of rotatable bonds is 2. The van der Waals surface area contributed by atoms with Crippen molar-refractivity contribution < 1.29 is 9.53 Å². The molecule has 3 aromatic rings. The maximum Gasteiger partial charge on any atom is 0.306 e. The molecule has 3 heterocycles. The van der Waals surface area contributed by atoms with Gasteiger partial charge in [-0.15, -0.1) is 0 Å². The van der Waals surface area contributed by atoms with Crippen molar-refractivity contribution in [2.24, 2.45) is 5.10 Å². The lowest BCUT2D eigenvalue weighted by Crippen LogP contribution is -2.55. The second kappa shape index (κ2) is 6.20. The van der Waals surface area contributed by atoms with E-state index in [-0.39, 0.29) is 11.9 Å². The normalized spacial score (nSPS) is 23.4. The Kier molecular flexibility index (Phi) is 3.57. The number of hydrogen-bond donors (Lipinski definition) is 1. The maximum atomic E-state index is 13.5. The Balaban J connectivity index is 1.58. The quantitative estimate of drug-likeness (QED) is 0.690. The number of ether oxygens (including phenoxy) is 1. The van der Waals surface area contributed by atoms with Gasteiger partial charge in [0.1, 0.15) is 5.75 Å². The van der Waals surface area contributed by atoms with Crippen LogP contribution in [0.2, 0.25) is 0 Å². The summed E-state index contributed by atoms with van der Waals surface area (Å²) in [5.41, 5.74) is 4.59. The van der Waals surface area contributed by atoms with Crippen molar-refractivity contribution in [3.05, 3.63) is 95.1 Å². The van der Waals surface area contributed by atoms with Gasteiger partial charge in [0.2, 0.25) is 0 Å². The largest absolute Gasteiger partial charge is 0.453 e. The summed E-state index contributed by atoms with van der Waals surface area (Å²) < 4.78 is 6.52. The first kappa shape index (κ1) is 17.3. The summed E-state index contributed by atoms with van der Waals surface area (Å²) in [6.45, 7) is 2.11. The zero-order valence-electron chi connectivity index (χ0n) is 16.6. The number of hydrogen-bond acceptors (Lipinski definition) is 4. The van der Waals surface area contributed by atoms with Gasteiger partial charge in [0.25, 0.3) is 5.91 Å². The van der Waals surface area contributed by atoms with E-state index in [0.717, 1.165) is 52.2 Å². The Morgan fingerprint density at radius 1 is 1.10 bits per heavy atom. The molecule has 0 saturated carbocycles. The van der Waals surface area contributed by atoms with Crippen molar-refractivity contribution >= 4 is 17.3 Å². The van der Waals surface area contributed by atoms with Crippen LogP contribution in [0.25, 0.3) is 0 Å². The van der Waals surface area contributed by atoms with Crippen molar-refractivity contribution in [3.8, 4) is 5.75 Å². The molecule has 2 atom stereocenters. The van der Waals surface area contributed by atoms with Crippen molar-refractivity contribution in [1.82, 2.24) is 5.01 Å². The van der Waals surface area contributed by atoms with Crippen LogP contribution in [0.5, 0.6) is 5.75 Å². The third-order valence-electron chi connectivity index (χ3n) is 6.29. The Morgan fingerprint density at radius 2 is 1.90 bits per heavy atom. The van der Waals surface area contributed by atoms with Crippen LogP contribution in [-0.4, -0.2) is 16.6 Å². The number of para-hydroxylation sites is 1. The lowest BCUT2D eigenvalue weighted by molar-refractivity contribution is -0.161. The predicted molar refractivity (Wildman–Crippen MR) is 115 cm³/mol. The van der Waals surface area contributed by atoms with Gasteiger partial charge in [-0.2, -0.15) is 5.10 Å². The third kappa shape index (κ3) is 2.23. The topological polar surface area (TPSA) is 53.9 Å². The van der Waals surface area contributed by atoms with E-state index in [1.54, 1.807) is 0 Å². The highest BCUT2D eigenvalue weighted by atomic mass is 16.5. The number of hydrazone groups is 1. The van der Waals surface area contributed by atoms with E-state index in [2.05, 4.69) is 42.6 Å². The minimum absolute atomic E-state index is 0.0628. The van der Waals surface area contributed by atoms with E-state index in [1.807, 2.05) is 47.5 Å². The molecule has 6 rings (SSSR count). The van der Waals surface area contributed by atoms with Gasteiger partial charge < -0.3 is 10.1 Å². The molecule has 0 aromatic heterocycles. The molecule has 3 aliphatic rings. The van der Waals surface area contributed by atoms with Crippen LogP contribution in [-0.2, 0) is 16.9 Å². The molecular weight excluding hydrogens is 374 g/mol. The number of carbonyl (C=O) groups excluding carboxylic acids is 1. The molecule has 3 aromatic carbocycles. The molecule has 1 spiro atoms. The standard InChI is InChI=1S/C25H21N3O2/c1-2-16-12-13-20-19(14-16)25(24(29)26-20)28-22(18-10-6-7-11-23(18)30-25)15-21(27-28)17-8-4-3-5-9-17/h3-14,22H,2,15H2,1H3,(H,26,29)/t22-,25-/m1/s1. The van der Waals surface area contributed by atoms with Gasteiger partial charge in [-0.05, 0) is 35.7 Å². The van der Waals surface area contributed by atoms with Crippen molar-refractivity contribution in [2.45, 2.75) is 31.5 Å². The molecule has 0 unspecified atom stereocenters. The number of nitrogens with zero attached hydrogens (tertiary/aromatic N) is 2. The van der Waals surface area contributed by atoms with Gasteiger partial charge >= 0.3 is 5.72 Å². The Labute approximate surface area is 175 Å². The summed E-state index contributed by atoms with van der Waals surface area (Å²) in [5.74, 6) is 0.552. The minimum Gasteiger partial charge on any atom is -0.453 e. The summed E-state index contributed by atoms with van der Waals surface area (Å²) >= 11 is 0. The van der Waals surface area contributed by atoms with Crippen molar-refractivity contribution in [1.29, 1.82) is 0 Å². The van der Waals surface area contributed by atoms with E-state index in [9.17, 15) is 4.79 Å². The maximum absolute atomic E-state index is 13.5. The van der Waals surface area contributed by atoms with Gasteiger partial charge in [-0.1, -0.05) is 61.5 Å². The van der Waals surface area contributed by atoms with Crippen LogP contribution < -0.4 is 10.1 Å². The van der Waals surface area contributed by atoms with Crippen LogP contribution in [0.4, 0.5) is 5.69 Å². The van der Waals surface area contributed by atoms with E-state index in [0.29, 0.717) is 0 Å². The molecule has 0 radical (unpaired) electrons. The van der Waals surface area contributed by atoms with Crippen LogP contribution in [0.1, 0.15) is 41.6 Å². The first-order valence-electron chi connectivity index (χ1n) is 10.4. The van der Waals surface area contributed by atoms with Gasteiger partial charge in [0, 0.05) is 12.0 Å². The van der Waals surface area contributed by atoms with Crippen molar-refractivity contribution in [3.63, 3.8) is 0 Å². The highest BCUT2D eigenvalue weighted by Crippen LogP contribution is 2.54. The zero-order chi connectivity index (χ0) is 20.3. The van der Waals surface area contributed by atoms with Crippen LogP contribution in [0, 0.1) is 0 Å². The number of fused-ring (bicyclic) bond motifs is 6. The molecule has 0 saturated heterocycles. The van der Waals surface area contributed by atoms with Crippen LogP contribution in [0.15, 0.2) is 77.9 Å². The van der Waals surface area contributed by atoms with E-state index < -0.39 is 5.72 Å². The predicted octanol–water partition coefficient (Wildman–Crippen LogP) is 4.60. The molecule has 5 nitrogen and oxygen atoms in total. The molecule has 3 aliphatic heterocycles. The summed E-state index contributed by atoms with van der Waals surface area (Å²) in [7, 11) is 0. The molecule has 30 heavy (non-hydrogen) atoms. The first-order valence-corrected chi connectivity index (χ1v) is 10.4. The average molecular weight is 395 g/mol. The summed E-state index contributed by atoms with van der Waals surface area (Å²) in [4.78, 5) is 13.5. The monoisotopic (exact) mass is 395 g/mol. The highest BCUT2D eigenvalue weighted by Gasteiger charge is 2.60. The zero-order valence-corrected chi connectivity index (χ0v) is 16.6. The van der Waals surface area contributed by atoms with Gasteiger partial charge in [0.15, 0.2) is 0 Å². The highest BCUT2D eigenvalue weighted by molar-refractivity contribution is 6.07. The number of aryl methyl sites for hydroxylation is 1. The third-order valence-corrected chi connectivity index (χ3v) is 6.29. The lowest BCUT2D eigenvalue weighted by atomic mass is 9.91. The minimum atomic E-state index is -1.30. The molecule has 0 fully saturated rings.